The number of carbonyl (C=O) groups excluding carboxylic acids is 1. The highest BCUT2D eigenvalue weighted by Gasteiger charge is 2.44. The summed E-state index contributed by atoms with van der Waals surface area (Å²) in [6.45, 7) is 5.03. The highest BCUT2D eigenvalue weighted by Crippen LogP contribution is 2.47. The number of carbonyl (C=O) groups is 1. The summed E-state index contributed by atoms with van der Waals surface area (Å²) in [6, 6.07) is 12.9. The normalized spacial score (nSPS) is 19.3. The molecule has 0 spiro atoms. The first kappa shape index (κ1) is 23.6. The number of aromatic nitrogens is 1. The Morgan fingerprint density at radius 2 is 1.82 bits per heavy atom. The Balaban J connectivity index is 1.92. The van der Waals surface area contributed by atoms with E-state index < -0.39 is 5.41 Å². The van der Waals surface area contributed by atoms with Gasteiger partial charge in [-0.2, -0.15) is 0 Å². The molecule has 0 aliphatic carbocycles. The molecule has 1 saturated heterocycles. The molecular formula is C27H30N2O5. The number of nitrogens with zero attached hydrogens (tertiary/aromatic N) is 2. The molecule has 1 aliphatic heterocycles. The average molecular weight is 463 g/mol. The van der Waals surface area contributed by atoms with E-state index in [2.05, 4.69) is 9.88 Å². The predicted octanol–water partition coefficient (Wildman–Crippen LogP) is 4.94. The van der Waals surface area contributed by atoms with Gasteiger partial charge in [-0.05, 0) is 48.0 Å². The lowest BCUT2D eigenvalue weighted by Crippen LogP contribution is -2.49. The Hall–Kier alpha value is -3.58. The molecule has 0 radical (unpaired) electrons. The van der Waals surface area contributed by atoms with Crippen LogP contribution < -0.4 is 14.2 Å². The zero-order valence-corrected chi connectivity index (χ0v) is 20.2. The number of Topliss-reactive ketones (excluding diaryl/α,β-unsaturated/α-hetero) is 1. The molecule has 7 nitrogen and oxygen atoms in total. The number of methoxy groups -OCH3 is 3. The van der Waals surface area contributed by atoms with Gasteiger partial charge in [0.15, 0.2) is 17.3 Å². The fraction of sp³-hybridized carbons (Fsp3) is 0.333. The summed E-state index contributed by atoms with van der Waals surface area (Å²) in [6.07, 6.45) is 5.26. The van der Waals surface area contributed by atoms with E-state index in [4.69, 9.17) is 18.6 Å². The number of hydrogen-bond donors (Lipinski definition) is 0. The number of likely N-dealkylation sites (tertiary alicyclic amines) is 1. The van der Waals surface area contributed by atoms with Crippen LogP contribution in [0.15, 0.2) is 64.9 Å². The van der Waals surface area contributed by atoms with Gasteiger partial charge >= 0.3 is 0 Å². The Kier molecular flexibility index (Phi) is 6.75. The van der Waals surface area contributed by atoms with Gasteiger partial charge in [0.05, 0.1) is 45.9 Å². The summed E-state index contributed by atoms with van der Waals surface area (Å²) >= 11 is 0. The monoisotopic (exact) mass is 462 g/mol. The molecule has 1 aliphatic rings. The molecule has 178 valence electrons. The maximum absolute atomic E-state index is 13.8. The Labute approximate surface area is 200 Å². The van der Waals surface area contributed by atoms with Crippen molar-refractivity contribution < 1.29 is 23.4 Å². The summed E-state index contributed by atoms with van der Waals surface area (Å²) in [5.74, 6) is 2.46. The summed E-state index contributed by atoms with van der Waals surface area (Å²) < 4.78 is 22.4. The zero-order chi connectivity index (χ0) is 24.3. The van der Waals surface area contributed by atoms with Crippen LogP contribution in [0.3, 0.4) is 0 Å². The number of piperidine rings is 1. The van der Waals surface area contributed by atoms with Gasteiger partial charge in [0.1, 0.15) is 5.76 Å². The van der Waals surface area contributed by atoms with E-state index in [0.29, 0.717) is 35.9 Å². The van der Waals surface area contributed by atoms with Gasteiger partial charge in [-0.25, -0.2) is 0 Å². The number of benzene rings is 1. The number of pyridine rings is 1. The van der Waals surface area contributed by atoms with E-state index in [-0.39, 0.29) is 11.8 Å². The van der Waals surface area contributed by atoms with E-state index in [0.717, 1.165) is 17.0 Å². The van der Waals surface area contributed by atoms with Gasteiger partial charge in [0.25, 0.3) is 0 Å². The van der Waals surface area contributed by atoms with E-state index in [9.17, 15) is 4.79 Å². The minimum absolute atomic E-state index is 0.0765. The van der Waals surface area contributed by atoms with Crippen LogP contribution in [-0.2, 0) is 11.3 Å². The van der Waals surface area contributed by atoms with Crippen LogP contribution in [0.1, 0.15) is 36.9 Å². The molecule has 2 aromatic heterocycles. The second-order valence-electron chi connectivity index (χ2n) is 8.91. The van der Waals surface area contributed by atoms with E-state index >= 15 is 0 Å². The molecule has 0 amide bonds. The van der Waals surface area contributed by atoms with Crippen LogP contribution in [0.5, 0.6) is 17.2 Å². The summed E-state index contributed by atoms with van der Waals surface area (Å²) in [7, 11) is 4.74. The van der Waals surface area contributed by atoms with Crippen molar-refractivity contribution >= 4 is 11.9 Å². The van der Waals surface area contributed by atoms with E-state index in [1.807, 2.05) is 62.4 Å². The van der Waals surface area contributed by atoms with Crippen molar-refractivity contribution in [3.63, 3.8) is 0 Å². The van der Waals surface area contributed by atoms with Crippen molar-refractivity contribution in [1.82, 2.24) is 9.88 Å². The van der Waals surface area contributed by atoms with Gasteiger partial charge < -0.3 is 18.6 Å². The van der Waals surface area contributed by atoms with Crippen molar-refractivity contribution in [3.8, 4) is 17.2 Å². The maximum atomic E-state index is 13.8. The number of ether oxygens (including phenoxy) is 3. The Bertz CT molecular complexity index is 1140. The molecule has 3 aromatic rings. The largest absolute Gasteiger partial charge is 0.493 e. The van der Waals surface area contributed by atoms with Crippen LogP contribution in [-0.4, -0.2) is 43.5 Å². The fourth-order valence-electron chi connectivity index (χ4n) is 4.55. The molecule has 34 heavy (non-hydrogen) atoms. The third-order valence-electron chi connectivity index (χ3n) is 6.07. The van der Waals surface area contributed by atoms with Crippen molar-refractivity contribution in [2.75, 3.05) is 27.9 Å². The Morgan fingerprint density at radius 3 is 2.38 bits per heavy atom. The topological polar surface area (TPSA) is 74.0 Å². The van der Waals surface area contributed by atoms with Gasteiger partial charge in [0, 0.05) is 23.7 Å². The average Bonchev–Trinajstić information content (AvgIpc) is 3.35. The minimum Gasteiger partial charge on any atom is -0.493 e. The third kappa shape index (κ3) is 4.56. The molecule has 1 fully saturated rings. The number of rotatable bonds is 7. The molecule has 3 heterocycles. The predicted molar refractivity (Wildman–Crippen MR) is 129 cm³/mol. The third-order valence-corrected chi connectivity index (χ3v) is 6.07. The molecule has 1 aromatic carbocycles. The van der Waals surface area contributed by atoms with Crippen LogP contribution in [0.25, 0.3) is 6.08 Å². The van der Waals surface area contributed by atoms with E-state index in [1.54, 1.807) is 33.8 Å². The number of ketones is 1. The highest BCUT2D eigenvalue weighted by atomic mass is 16.5. The lowest BCUT2D eigenvalue weighted by atomic mass is 9.74. The summed E-state index contributed by atoms with van der Waals surface area (Å²) in [4.78, 5) is 20.5. The maximum Gasteiger partial charge on any atom is 0.203 e. The first-order valence-electron chi connectivity index (χ1n) is 11.1. The van der Waals surface area contributed by atoms with E-state index in [1.165, 1.54) is 0 Å². The Morgan fingerprint density at radius 1 is 1.09 bits per heavy atom. The molecule has 4 rings (SSSR count). The first-order valence-corrected chi connectivity index (χ1v) is 11.1. The summed E-state index contributed by atoms with van der Waals surface area (Å²) in [5, 5.41) is 0. The number of hydrogen-bond acceptors (Lipinski definition) is 7. The van der Waals surface area contributed by atoms with Gasteiger partial charge in [0.2, 0.25) is 5.75 Å². The molecule has 1 atom stereocenters. The standard InChI is InChI=1S/C27H30N2O5/c1-27(2)17-29(16-20-10-8-12-34-20)24(21(26(27)30)15-19-9-6-7-11-28-19)18-13-22(31-3)25(33-5)23(14-18)32-4/h6-15,24H,16-17H2,1-5H3/b21-15-. The highest BCUT2D eigenvalue weighted by molar-refractivity contribution is 6.05. The van der Waals surface area contributed by atoms with Crippen LogP contribution in [0, 0.1) is 5.41 Å². The molecule has 0 bridgehead atoms. The van der Waals surface area contributed by atoms with Crippen molar-refractivity contribution in [1.29, 1.82) is 0 Å². The molecule has 0 saturated carbocycles. The SMILES string of the molecule is COc1cc(C2/C(=C/c3ccccn3)C(=O)C(C)(C)CN2Cc2ccco2)cc(OC)c1OC. The molecule has 0 N–H and O–H groups in total. The first-order chi connectivity index (χ1) is 16.4. The number of furan rings is 1. The minimum atomic E-state index is -0.593. The summed E-state index contributed by atoms with van der Waals surface area (Å²) in [5.41, 5.74) is 1.63. The lowest BCUT2D eigenvalue weighted by Gasteiger charge is -2.44. The lowest BCUT2D eigenvalue weighted by molar-refractivity contribution is -0.128. The zero-order valence-electron chi connectivity index (χ0n) is 20.2. The second kappa shape index (κ2) is 9.73. The van der Waals surface area contributed by atoms with Gasteiger partial charge in [-0.15, -0.1) is 0 Å². The molecule has 7 heteroatoms. The quantitative estimate of drug-likeness (QED) is 0.461. The van der Waals surface area contributed by atoms with Crippen LogP contribution >= 0.6 is 0 Å². The molecule has 1 unspecified atom stereocenters. The van der Waals surface area contributed by atoms with Crippen LogP contribution in [0.2, 0.25) is 0 Å². The molecular weight excluding hydrogens is 432 g/mol. The van der Waals surface area contributed by atoms with Gasteiger partial charge in [-0.3, -0.25) is 14.7 Å². The fourth-order valence-corrected chi connectivity index (χ4v) is 4.55. The van der Waals surface area contributed by atoms with Crippen LogP contribution in [0.4, 0.5) is 0 Å². The van der Waals surface area contributed by atoms with Crippen molar-refractivity contribution in [3.05, 3.63) is 77.5 Å². The van der Waals surface area contributed by atoms with Gasteiger partial charge in [-0.1, -0.05) is 19.9 Å². The second-order valence-corrected chi connectivity index (χ2v) is 8.91. The van der Waals surface area contributed by atoms with Crippen molar-refractivity contribution in [2.45, 2.75) is 26.4 Å². The van der Waals surface area contributed by atoms with Crippen molar-refractivity contribution in [2.24, 2.45) is 5.41 Å². The smallest absolute Gasteiger partial charge is 0.203 e.